The first-order chi connectivity index (χ1) is 11.6. The molecule has 7 heteroatoms. The van der Waals surface area contributed by atoms with E-state index in [9.17, 15) is 9.90 Å². The first-order valence-electron chi connectivity index (χ1n) is 6.97. The number of para-hydroxylation sites is 1. The fourth-order valence-corrected chi connectivity index (χ4v) is 2.37. The quantitative estimate of drug-likeness (QED) is 0.560. The number of nitrogens with zero attached hydrogens (tertiary/aromatic N) is 1. The zero-order chi connectivity index (χ0) is 17.1. The molecule has 0 unspecified atom stereocenters. The van der Waals surface area contributed by atoms with E-state index in [0.29, 0.717) is 16.2 Å². The Kier molecular flexibility index (Phi) is 4.39. The van der Waals surface area contributed by atoms with E-state index in [1.165, 1.54) is 25.5 Å². The van der Waals surface area contributed by atoms with E-state index in [2.05, 4.69) is 10.5 Å². The highest BCUT2D eigenvalue weighted by Crippen LogP contribution is 2.32. The van der Waals surface area contributed by atoms with Crippen molar-refractivity contribution >= 4 is 34.7 Å². The van der Waals surface area contributed by atoms with Crippen molar-refractivity contribution in [1.29, 1.82) is 0 Å². The largest absolute Gasteiger partial charge is 0.504 e. The van der Waals surface area contributed by atoms with Crippen molar-refractivity contribution in [1.82, 2.24) is 5.43 Å². The van der Waals surface area contributed by atoms with Gasteiger partial charge in [0.2, 0.25) is 0 Å². The molecule has 0 atom stereocenters. The topological polar surface area (TPSA) is 84.1 Å². The highest BCUT2D eigenvalue weighted by molar-refractivity contribution is 6.31. The van der Waals surface area contributed by atoms with Crippen LogP contribution in [-0.2, 0) is 0 Å². The Morgan fingerprint density at radius 3 is 2.88 bits per heavy atom. The number of rotatable bonds is 4. The number of carbonyl (C=O) groups excluding carboxylic acids is 1. The minimum Gasteiger partial charge on any atom is -0.504 e. The van der Waals surface area contributed by atoms with E-state index in [0.717, 1.165) is 5.39 Å². The molecule has 0 fully saturated rings. The second kappa shape index (κ2) is 6.64. The van der Waals surface area contributed by atoms with Crippen LogP contribution in [0.5, 0.6) is 11.5 Å². The van der Waals surface area contributed by atoms with Crippen molar-refractivity contribution in [2.24, 2.45) is 5.10 Å². The number of ether oxygens (including phenoxy) is 1. The third-order valence-electron chi connectivity index (χ3n) is 3.31. The molecule has 2 aromatic carbocycles. The molecule has 0 saturated carbocycles. The van der Waals surface area contributed by atoms with Crippen molar-refractivity contribution in [2.75, 3.05) is 7.11 Å². The number of methoxy groups -OCH3 is 1. The van der Waals surface area contributed by atoms with Gasteiger partial charge in [-0.05, 0) is 18.2 Å². The number of hydrogen-bond acceptors (Lipinski definition) is 5. The molecule has 1 aromatic heterocycles. The molecule has 0 bridgehead atoms. The molecule has 0 aliphatic carbocycles. The molecule has 3 aromatic rings. The molecular weight excluding hydrogens is 332 g/mol. The maximum atomic E-state index is 12.0. The number of phenolic OH excluding ortho intramolecular Hbond substituents is 1. The van der Waals surface area contributed by atoms with E-state index in [1.54, 1.807) is 12.1 Å². The summed E-state index contributed by atoms with van der Waals surface area (Å²) in [5.74, 6) is -0.270. The van der Waals surface area contributed by atoms with Gasteiger partial charge in [0, 0.05) is 22.0 Å². The molecule has 122 valence electrons. The van der Waals surface area contributed by atoms with Crippen molar-refractivity contribution in [3.8, 4) is 11.5 Å². The molecule has 0 spiro atoms. The number of nitrogens with one attached hydrogen (secondary N) is 1. The lowest BCUT2D eigenvalue weighted by Crippen LogP contribution is -2.16. The average molecular weight is 345 g/mol. The molecule has 0 radical (unpaired) electrons. The molecule has 0 aliphatic rings. The molecule has 0 aliphatic heterocycles. The fourth-order valence-electron chi connectivity index (χ4n) is 2.16. The summed E-state index contributed by atoms with van der Waals surface area (Å²) in [5, 5.41) is 15.0. The summed E-state index contributed by atoms with van der Waals surface area (Å²) >= 11 is 5.93. The molecule has 6 nitrogen and oxygen atoms in total. The van der Waals surface area contributed by atoms with Gasteiger partial charge in [0.05, 0.1) is 13.3 Å². The van der Waals surface area contributed by atoms with Gasteiger partial charge >= 0.3 is 5.91 Å². The number of hydrogen-bond donors (Lipinski definition) is 2. The predicted molar refractivity (Wildman–Crippen MR) is 90.9 cm³/mol. The van der Waals surface area contributed by atoms with Crippen LogP contribution < -0.4 is 10.2 Å². The average Bonchev–Trinajstić information content (AvgIpc) is 3.01. The Hall–Kier alpha value is -2.99. The summed E-state index contributed by atoms with van der Waals surface area (Å²) in [4.78, 5) is 12.0. The van der Waals surface area contributed by atoms with Crippen LogP contribution in [0.15, 0.2) is 52.0 Å². The molecule has 3 rings (SSSR count). The molecule has 2 N–H and O–H groups in total. The van der Waals surface area contributed by atoms with Gasteiger partial charge < -0.3 is 14.3 Å². The Bertz CT molecular complexity index is 900. The maximum absolute atomic E-state index is 12.0. The summed E-state index contributed by atoms with van der Waals surface area (Å²) in [6, 6.07) is 11.9. The second-order valence-corrected chi connectivity index (χ2v) is 5.33. The maximum Gasteiger partial charge on any atom is 0.307 e. The Morgan fingerprint density at radius 2 is 2.12 bits per heavy atom. The third-order valence-corrected chi connectivity index (χ3v) is 3.53. The van der Waals surface area contributed by atoms with Gasteiger partial charge in [-0.25, -0.2) is 5.43 Å². The number of phenols is 1. The Balaban J connectivity index is 1.76. The highest BCUT2D eigenvalue weighted by Gasteiger charge is 2.12. The van der Waals surface area contributed by atoms with Crippen LogP contribution in [0.25, 0.3) is 11.0 Å². The standard InChI is InChI=1S/C17H13ClN2O4/c1-23-14-8-12(18)6-11(16(14)21)9-19-20-17(22)15-7-10-4-2-3-5-13(10)24-15/h2-9,21H,1H3,(H,20,22)/b19-9+. The first kappa shape index (κ1) is 15.9. The van der Waals surface area contributed by atoms with Gasteiger partial charge in [-0.1, -0.05) is 29.8 Å². The normalized spacial score (nSPS) is 11.1. The number of fused-ring (bicyclic) bond motifs is 1. The van der Waals surface area contributed by atoms with Crippen LogP contribution in [0, 0.1) is 0 Å². The van der Waals surface area contributed by atoms with E-state index in [1.807, 2.05) is 18.2 Å². The molecule has 24 heavy (non-hydrogen) atoms. The lowest BCUT2D eigenvalue weighted by atomic mass is 10.2. The Labute approximate surface area is 142 Å². The zero-order valence-corrected chi connectivity index (χ0v) is 13.4. The smallest absolute Gasteiger partial charge is 0.307 e. The van der Waals surface area contributed by atoms with Gasteiger partial charge in [0.25, 0.3) is 0 Å². The monoisotopic (exact) mass is 344 g/mol. The molecule has 0 saturated heterocycles. The van der Waals surface area contributed by atoms with E-state index in [-0.39, 0.29) is 17.3 Å². The summed E-state index contributed by atoms with van der Waals surface area (Å²) in [6.07, 6.45) is 1.27. The first-order valence-corrected chi connectivity index (χ1v) is 7.35. The van der Waals surface area contributed by atoms with Crippen molar-refractivity contribution in [3.05, 3.63) is 58.8 Å². The summed E-state index contributed by atoms with van der Waals surface area (Å²) in [5.41, 5.74) is 3.26. The number of benzene rings is 2. The van der Waals surface area contributed by atoms with Gasteiger partial charge in [0.1, 0.15) is 5.58 Å². The summed E-state index contributed by atoms with van der Waals surface area (Å²) in [7, 11) is 1.41. The SMILES string of the molecule is COc1cc(Cl)cc(/C=N/NC(=O)c2cc3ccccc3o2)c1O. The van der Waals surface area contributed by atoms with Crippen LogP contribution >= 0.6 is 11.6 Å². The minimum atomic E-state index is -0.504. The number of carbonyl (C=O) groups is 1. The van der Waals surface area contributed by atoms with E-state index < -0.39 is 5.91 Å². The predicted octanol–water partition coefficient (Wildman–Crippen LogP) is 3.56. The lowest BCUT2D eigenvalue weighted by Gasteiger charge is -2.06. The van der Waals surface area contributed by atoms with Gasteiger partial charge in [-0.15, -0.1) is 0 Å². The van der Waals surface area contributed by atoms with Crippen molar-refractivity contribution < 1.29 is 19.1 Å². The zero-order valence-electron chi connectivity index (χ0n) is 12.6. The summed E-state index contributed by atoms with van der Waals surface area (Å²) < 4.78 is 10.4. The fraction of sp³-hybridized carbons (Fsp3) is 0.0588. The van der Waals surface area contributed by atoms with Gasteiger partial charge in [-0.3, -0.25) is 4.79 Å². The van der Waals surface area contributed by atoms with Crippen molar-refractivity contribution in [2.45, 2.75) is 0 Å². The van der Waals surface area contributed by atoms with Gasteiger partial charge in [0.15, 0.2) is 17.3 Å². The molecule has 1 heterocycles. The van der Waals surface area contributed by atoms with Crippen LogP contribution in [0.4, 0.5) is 0 Å². The second-order valence-electron chi connectivity index (χ2n) is 4.89. The minimum absolute atomic E-state index is 0.122. The number of furan rings is 1. The lowest BCUT2D eigenvalue weighted by molar-refractivity contribution is 0.0929. The van der Waals surface area contributed by atoms with Crippen LogP contribution in [0.2, 0.25) is 5.02 Å². The number of amides is 1. The molecule has 1 amide bonds. The summed E-state index contributed by atoms with van der Waals surface area (Å²) in [6.45, 7) is 0. The number of aromatic hydroxyl groups is 1. The number of halogens is 1. The highest BCUT2D eigenvalue weighted by atomic mass is 35.5. The molecular formula is C17H13ClN2O4. The van der Waals surface area contributed by atoms with Crippen LogP contribution in [0.3, 0.4) is 0 Å². The van der Waals surface area contributed by atoms with E-state index in [4.69, 9.17) is 20.8 Å². The Morgan fingerprint density at radius 1 is 1.33 bits per heavy atom. The third kappa shape index (κ3) is 3.18. The van der Waals surface area contributed by atoms with Crippen LogP contribution in [0.1, 0.15) is 16.1 Å². The van der Waals surface area contributed by atoms with Crippen LogP contribution in [-0.4, -0.2) is 24.3 Å². The van der Waals surface area contributed by atoms with Crippen molar-refractivity contribution in [3.63, 3.8) is 0 Å². The van der Waals surface area contributed by atoms with Gasteiger partial charge in [-0.2, -0.15) is 5.10 Å². The number of hydrazone groups is 1. The van der Waals surface area contributed by atoms with E-state index >= 15 is 0 Å².